The fourth-order valence-corrected chi connectivity index (χ4v) is 2.01. The number of carbonyl (C=O) groups is 1. The third kappa shape index (κ3) is 2.97. The van der Waals surface area contributed by atoms with Crippen LogP contribution in [0.3, 0.4) is 0 Å². The van der Waals surface area contributed by atoms with Gasteiger partial charge in [-0.25, -0.2) is 4.39 Å². The molecule has 0 spiro atoms. The van der Waals surface area contributed by atoms with Crippen LogP contribution < -0.4 is 5.32 Å². The van der Waals surface area contributed by atoms with Crippen molar-refractivity contribution in [2.24, 2.45) is 0 Å². The highest BCUT2D eigenvalue weighted by atomic mass is 19.1. The molecule has 2 N–H and O–H groups in total. The fourth-order valence-electron chi connectivity index (χ4n) is 2.01. The summed E-state index contributed by atoms with van der Waals surface area (Å²) in [4.78, 5) is 12.1. The Morgan fingerprint density at radius 2 is 1.95 bits per heavy atom. The smallest absolute Gasteiger partial charge is 0.255 e. The Kier molecular flexibility index (Phi) is 3.47. The molecule has 0 aliphatic rings. The zero-order valence-corrected chi connectivity index (χ0v) is 11.0. The van der Waals surface area contributed by atoms with Crippen molar-refractivity contribution in [2.75, 3.05) is 5.32 Å². The molecule has 0 radical (unpaired) electrons. The molecule has 0 fully saturated rings. The Labute approximate surface area is 120 Å². The standard InChI is InChI=1S/C16H12FN3O/c17-13-5-1-4-12(9-13)16(21)19-14-6-2-3-11(10-14)15-7-8-18-20-15/h1-10H,(H,18,20)(H,19,21). The second kappa shape index (κ2) is 5.58. The van der Waals surface area contributed by atoms with Gasteiger partial charge in [0.2, 0.25) is 0 Å². The van der Waals surface area contributed by atoms with E-state index in [0.717, 1.165) is 11.3 Å². The van der Waals surface area contributed by atoms with Crippen molar-refractivity contribution in [3.05, 3.63) is 72.2 Å². The molecule has 1 aromatic heterocycles. The number of rotatable bonds is 3. The van der Waals surface area contributed by atoms with Gasteiger partial charge in [-0.2, -0.15) is 5.10 Å². The van der Waals surface area contributed by atoms with E-state index in [1.165, 1.54) is 18.2 Å². The van der Waals surface area contributed by atoms with Crippen LogP contribution in [0.25, 0.3) is 11.3 Å². The molecule has 21 heavy (non-hydrogen) atoms. The monoisotopic (exact) mass is 281 g/mol. The molecule has 5 heteroatoms. The Bertz CT molecular complexity index is 769. The molecular formula is C16H12FN3O. The molecule has 1 heterocycles. The Balaban J connectivity index is 1.82. The zero-order chi connectivity index (χ0) is 14.7. The minimum atomic E-state index is -0.436. The Morgan fingerprint density at radius 1 is 1.10 bits per heavy atom. The van der Waals surface area contributed by atoms with Crippen molar-refractivity contribution >= 4 is 11.6 Å². The zero-order valence-electron chi connectivity index (χ0n) is 11.0. The van der Waals surface area contributed by atoms with Gasteiger partial charge in [0.1, 0.15) is 5.82 Å². The predicted molar refractivity (Wildman–Crippen MR) is 78.4 cm³/mol. The minimum Gasteiger partial charge on any atom is -0.322 e. The van der Waals surface area contributed by atoms with Gasteiger partial charge in [-0.1, -0.05) is 18.2 Å². The van der Waals surface area contributed by atoms with E-state index in [1.54, 1.807) is 18.3 Å². The summed E-state index contributed by atoms with van der Waals surface area (Å²) in [6.07, 6.45) is 1.66. The third-order valence-electron chi connectivity index (χ3n) is 3.02. The molecule has 3 rings (SSSR count). The summed E-state index contributed by atoms with van der Waals surface area (Å²) >= 11 is 0. The van der Waals surface area contributed by atoms with Gasteiger partial charge >= 0.3 is 0 Å². The van der Waals surface area contributed by atoms with Gasteiger partial charge in [0.05, 0.1) is 5.69 Å². The molecule has 0 saturated carbocycles. The first-order chi connectivity index (χ1) is 10.2. The summed E-state index contributed by atoms with van der Waals surface area (Å²) in [5.41, 5.74) is 2.68. The number of nitrogens with zero attached hydrogens (tertiary/aromatic N) is 1. The Hall–Kier alpha value is -2.95. The van der Waals surface area contributed by atoms with Crippen LogP contribution in [-0.2, 0) is 0 Å². The predicted octanol–water partition coefficient (Wildman–Crippen LogP) is 3.47. The number of hydrogen-bond acceptors (Lipinski definition) is 2. The van der Waals surface area contributed by atoms with E-state index in [1.807, 2.05) is 24.3 Å². The maximum atomic E-state index is 13.1. The lowest BCUT2D eigenvalue weighted by molar-refractivity contribution is 0.102. The average molecular weight is 281 g/mol. The van der Waals surface area contributed by atoms with Crippen LogP contribution in [0.5, 0.6) is 0 Å². The number of amides is 1. The van der Waals surface area contributed by atoms with E-state index in [4.69, 9.17) is 0 Å². The summed E-state index contributed by atoms with van der Waals surface area (Å²) in [6, 6.07) is 14.8. The van der Waals surface area contributed by atoms with Crippen LogP contribution in [0.4, 0.5) is 10.1 Å². The molecular weight excluding hydrogens is 269 g/mol. The molecule has 0 unspecified atom stereocenters. The average Bonchev–Trinajstić information content (AvgIpc) is 3.02. The van der Waals surface area contributed by atoms with Crippen LogP contribution in [0.1, 0.15) is 10.4 Å². The van der Waals surface area contributed by atoms with Gasteiger partial charge in [0.25, 0.3) is 5.91 Å². The number of anilines is 1. The molecule has 0 aliphatic heterocycles. The van der Waals surface area contributed by atoms with Gasteiger partial charge in [-0.05, 0) is 36.4 Å². The van der Waals surface area contributed by atoms with Gasteiger partial charge in [-0.3, -0.25) is 9.89 Å². The molecule has 0 saturated heterocycles. The van der Waals surface area contributed by atoms with E-state index < -0.39 is 5.82 Å². The molecule has 4 nitrogen and oxygen atoms in total. The highest BCUT2D eigenvalue weighted by Gasteiger charge is 2.08. The number of nitrogens with one attached hydrogen (secondary N) is 2. The quantitative estimate of drug-likeness (QED) is 0.772. The largest absolute Gasteiger partial charge is 0.322 e. The SMILES string of the molecule is O=C(Nc1cccc(-c2ccn[nH]2)c1)c1cccc(F)c1. The van der Waals surface area contributed by atoms with Crippen LogP contribution in [0.15, 0.2) is 60.8 Å². The van der Waals surface area contributed by atoms with Crippen LogP contribution >= 0.6 is 0 Å². The van der Waals surface area contributed by atoms with Crippen molar-refractivity contribution in [1.82, 2.24) is 10.2 Å². The van der Waals surface area contributed by atoms with Crippen LogP contribution in [-0.4, -0.2) is 16.1 Å². The molecule has 1 amide bonds. The number of carbonyl (C=O) groups excluding carboxylic acids is 1. The second-order valence-corrected chi connectivity index (χ2v) is 4.52. The summed E-state index contributed by atoms with van der Waals surface area (Å²) in [7, 11) is 0. The van der Waals surface area contributed by atoms with E-state index >= 15 is 0 Å². The minimum absolute atomic E-state index is 0.280. The summed E-state index contributed by atoms with van der Waals surface area (Å²) in [5, 5.41) is 9.50. The second-order valence-electron chi connectivity index (χ2n) is 4.52. The number of aromatic nitrogens is 2. The lowest BCUT2D eigenvalue weighted by atomic mass is 10.1. The van der Waals surface area contributed by atoms with Crippen molar-refractivity contribution in [1.29, 1.82) is 0 Å². The molecule has 0 aliphatic carbocycles. The van der Waals surface area contributed by atoms with Gasteiger partial charge in [0.15, 0.2) is 0 Å². The maximum Gasteiger partial charge on any atom is 0.255 e. The normalized spacial score (nSPS) is 10.3. The molecule has 0 bridgehead atoms. The third-order valence-corrected chi connectivity index (χ3v) is 3.02. The van der Waals surface area contributed by atoms with Gasteiger partial charge in [-0.15, -0.1) is 0 Å². The van der Waals surface area contributed by atoms with E-state index in [0.29, 0.717) is 5.69 Å². The highest BCUT2D eigenvalue weighted by Crippen LogP contribution is 2.20. The fraction of sp³-hybridized carbons (Fsp3) is 0. The van der Waals surface area contributed by atoms with Crippen LogP contribution in [0.2, 0.25) is 0 Å². The number of hydrogen-bond donors (Lipinski definition) is 2. The molecule has 2 aromatic carbocycles. The summed E-state index contributed by atoms with van der Waals surface area (Å²) in [5.74, 6) is -0.787. The van der Waals surface area contributed by atoms with E-state index in [2.05, 4.69) is 15.5 Å². The van der Waals surface area contributed by atoms with Crippen molar-refractivity contribution in [3.63, 3.8) is 0 Å². The lowest BCUT2D eigenvalue weighted by Gasteiger charge is -2.07. The van der Waals surface area contributed by atoms with Crippen molar-refractivity contribution in [2.45, 2.75) is 0 Å². The van der Waals surface area contributed by atoms with Crippen molar-refractivity contribution < 1.29 is 9.18 Å². The number of H-pyrrole nitrogens is 1. The van der Waals surface area contributed by atoms with Gasteiger partial charge < -0.3 is 5.32 Å². The van der Waals surface area contributed by atoms with E-state index in [9.17, 15) is 9.18 Å². The number of benzene rings is 2. The van der Waals surface area contributed by atoms with Gasteiger partial charge in [0, 0.05) is 23.0 Å². The van der Waals surface area contributed by atoms with Crippen LogP contribution in [0, 0.1) is 5.82 Å². The molecule has 104 valence electrons. The maximum absolute atomic E-state index is 13.1. The number of aromatic amines is 1. The Morgan fingerprint density at radius 3 is 2.71 bits per heavy atom. The first-order valence-electron chi connectivity index (χ1n) is 6.39. The first kappa shape index (κ1) is 13.1. The van der Waals surface area contributed by atoms with E-state index in [-0.39, 0.29) is 11.5 Å². The summed E-state index contributed by atoms with van der Waals surface area (Å²) < 4.78 is 13.1. The first-order valence-corrected chi connectivity index (χ1v) is 6.39. The molecule has 3 aromatic rings. The molecule has 0 atom stereocenters. The topological polar surface area (TPSA) is 57.8 Å². The van der Waals surface area contributed by atoms with Crippen molar-refractivity contribution in [3.8, 4) is 11.3 Å². The summed E-state index contributed by atoms with van der Waals surface area (Å²) in [6.45, 7) is 0. The lowest BCUT2D eigenvalue weighted by Crippen LogP contribution is -2.12. The highest BCUT2D eigenvalue weighted by molar-refractivity contribution is 6.04. The number of halogens is 1.